The summed E-state index contributed by atoms with van der Waals surface area (Å²) in [5.41, 5.74) is 5.37. The Morgan fingerprint density at radius 3 is 1.03 bits per heavy atom. The van der Waals surface area contributed by atoms with Crippen LogP contribution in [0.25, 0.3) is 0 Å². The summed E-state index contributed by atoms with van der Waals surface area (Å²) in [6.45, 7) is 3.77. The molecule has 2 atom stereocenters. The first-order valence-electron chi connectivity index (χ1n) is 30.7. The summed E-state index contributed by atoms with van der Waals surface area (Å²) in [4.78, 5) is 35.1. The Morgan fingerprint density at radius 2 is 0.700 bits per heavy atom. The topological polar surface area (TPSA) is 134 Å². The fourth-order valence-electron chi connectivity index (χ4n) is 9.34. The van der Waals surface area contributed by atoms with Gasteiger partial charge in [0.15, 0.2) is 6.10 Å². The van der Waals surface area contributed by atoms with Gasteiger partial charge in [0, 0.05) is 19.4 Å². The molecule has 0 bridgehead atoms. The Kier molecular flexibility index (Phi) is 56.0. The molecule has 0 aliphatic rings. The van der Waals surface area contributed by atoms with Gasteiger partial charge in [0.25, 0.3) is 0 Å². The number of esters is 2. The third-order valence-corrected chi connectivity index (χ3v) is 14.9. The Morgan fingerprint density at radius 1 is 0.414 bits per heavy atom. The zero-order chi connectivity index (χ0) is 51.0. The quantitative estimate of drug-likeness (QED) is 0.0264. The largest absolute Gasteiger partial charge is 0.472 e. The molecule has 0 aromatic carbocycles. The number of ether oxygens (including phenoxy) is 2. The van der Waals surface area contributed by atoms with Gasteiger partial charge < -0.3 is 20.1 Å². The maximum Gasteiger partial charge on any atom is 0.472 e. The number of phosphoric ester groups is 1. The number of hydrogen-bond acceptors (Lipinski definition) is 8. The molecule has 0 spiro atoms. The highest BCUT2D eigenvalue weighted by Gasteiger charge is 2.26. The zero-order valence-electron chi connectivity index (χ0n) is 46.5. The molecule has 0 saturated carbocycles. The van der Waals surface area contributed by atoms with E-state index in [1.165, 1.54) is 244 Å². The lowest BCUT2D eigenvalue weighted by Gasteiger charge is -2.19. The van der Waals surface area contributed by atoms with Gasteiger partial charge in [-0.25, -0.2) is 4.57 Å². The molecule has 0 aliphatic heterocycles. The van der Waals surface area contributed by atoms with E-state index in [1.54, 1.807) is 0 Å². The van der Waals surface area contributed by atoms with Crippen LogP contribution in [0.1, 0.15) is 328 Å². The van der Waals surface area contributed by atoms with Crippen molar-refractivity contribution in [3.05, 3.63) is 12.2 Å². The molecule has 0 radical (unpaired) electrons. The molecule has 10 heteroatoms. The molecule has 0 amide bonds. The first-order chi connectivity index (χ1) is 34.3. The van der Waals surface area contributed by atoms with Crippen LogP contribution in [0.3, 0.4) is 0 Å². The molecule has 3 N–H and O–H groups in total. The van der Waals surface area contributed by atoms with Crippen molar-refractivity contribution in [3.63, 3.8) is 0 Å². The summed E-state index contributed by atoms with van der Waals surface area (Å²) >= 11 is 0. The molecule has 70 heavy (non-hydrogen) atoms. The number of carbonyl (C=O) groups is 2. The number of phosphoric acid groups is 1. The van der Waals surface area contributed by atoms with Gasteiger partial charge in [-0.2, -0.15) is 0 Å². The van der Waals surface area contributed by atoms with Crippen LogP contribution >= 0.6 is 7.82 Å². The lowest BCUT2D eigenvalue weighted by atomic mass is 10.0. The van der Waals surface area contributed by atoms with E-state index in [2.05, 4.69) is 26.0 Å². The van der Waals surface area contributed by atoms with E-state index in [-0.39, 0.29) is 38.6 Å². The van der Waals surface area contributed by atoms with Crippen LogP contribution < -0.4 is 5.73 Å². The van der Waals surface area contributed by atoms with Crippen molar-refractivity contribution >= 4 is 19.8 Å². The van der Waals surface area contributed by atoms with Crippen LogP contribution in [-0.4, -0.2) is 49.3 Å². The van der Waals surface area contributed by atoms with E-state index >= 15 is 0 Å². The van der Waals surface area contributed by atoms with Gasteiger partial charge in [-0.1, -0.05) is 289 Å². The van der Waals surface area contributed by atoms with Gasteiger partial charge in [0.2, 0.25) is 0 Å². The van der Waals surface area contributed by atoms with Gasteiger partial charge in [0.1, 0.15) is 6.61 Å². The Labute approximate surface area is 434 Å². The van der Waals surface area contributed by atoms with Crippen molar-refractivity contribution in [3.8, 4) is 0 Å². The van der Waals surface area contributed by atoms with E-state index in [9.17, 15) is 19.0 Å². The van der Waals surface area contributed by atoms with Crippen molar-refractivity contribution in [2.45, 2.75) is 335 Å². The van der Waals surface area contributed by atoms with Crippen LogP contribution in [-0.2, 0) is 32.7 Å². The van der Waals surface area contributed by atoms with E-state index in [0.717, 1.165) is 51.4 Å². The highest BCUT2D eigenvalue weighted by molar-refractivity contribution is 7.47. The number of unbranched alkanes of at least 4 members (excludes halogenated alkanes) is 44. The van der Waals surface area contributed by atoms with E-state index < -0.39 is 26.5 Å². The average Bonchev–Trinajstić information content (AvgIpc) is 3.35. The lowest BCUT2D eigenvalue weighted by Crippen LogP contribution is -2.29. The van der Waals surface area contributed by atoms with E-state index in [4.69, 9.17) is 24.3 Å². The highest BCUT2D eigenvalue weighted by atomic mass is 31.2. The molecule has 0 aromatic rings. The number of carbonyl (C=O) groups excluding carboxylic acids is 2. The summed E-state index contributed by atoms with van der Waals surface area (Å²) in [6.07, 6.45) is 66.0. The van der Waals surface area contributed by atoms with Crippen LogP contribution in [0.15, 0.2) is 12.2 Å². The first-order valence-corrected chi connectivity index (χ1v) is 32.2. The fourth-order valence-corrected chi connectivity index (χ4v) is 10.1. The maximum absolute atomic E-state index is 12.6. The molecule has 0 aromatic heterocycles. The summed E-state index contributed by atoms with van der Waals surface area (Å²) in [5, 5.41) is 0. The normalized spacial score (nSPS) is 13.0. The third-order valence-electron chi connectivity index (χ3n) is 13.9. The highest BCUT2D eigenvalue weighted by Crippen LogP contribution is 2.43. The van der Waals surface area contributed by atoms with Crippen molar-refractivity contribution in [1.82, 2.24) is 0 Å². The number of nitrogens with two attached hydrogens (primary N) is 1. The Balaban J connectivity index is 3.72. The van der Waals surface area contributed by atoms with E-state index in [0.29, 0.717) is 6.42 Å². The second-order valence-corrected chi connectivity index (χ2v) is 22.4. The average molecular weight is 1010 g/mol. The monoisotopic (exact) mass is 1010 g/mol. The fraction of sp³-hybridized carbons (Fsp3) is 0.933. The predicted molar refractivity (Wildman–Crippen MR) is 298 cm³/mol. The molecular formula is C60H118NO8P. The molecule has 0 rings (SSSR count). The number of rotatable bonds is 59. The van der Waals surface area contributed by atoms with Crippen molar-refractivity contribution in [1.29, 1.82) is 0 Å². The van der Waals surface area contributed by atoms with Crippen LogP contribution in [0, 0.1) is 0 Å². The molecule has 2 unspecified atom stereocenters. The second-order valence-electron chi connectivity index (χ2n) is 20.9. The first kappa shape index (κ1) is 68.8. The summed E-state index contributed by atoms with van der Waals surface area (Å²) in [6, 6.07) is 0. The second kappa shape index (κ2) is 57.0. The zero-order valence-corrected chi connectivity index (χ0v) is 47.4. The van der Waals surface area contributed by atoms with Crippen LogP contribution in [0.5, 0.6) is 0 Å². The molecule has 9 nitrogen and oxygen atoms in total. The SMILES string of the molecule is CCCCCC/C=C\CCCCCCCC(=O)OC(COC(=O)CCCCCCCCCCCCCCCCCCCCCCCCCCCCCCCCCCCCCC)COP(=O)(O)OCCN. The maximum atomic E-state index is 12.6. The number of allylic oxidation sites excluding steroid dienone is 2. The van der Waals surface area contributed by atoms with Gasteiger partial charge in [-0.3, -0.25) is 18.6 Å². The summed E-state index contributed by atoms with van der Waals surface area (Å²) < 4.78 is 32.9. The smallest absolute Gasteiger partial charge is 0.462 e. The minimum atomic E-state index is -4.38. The van der Waals surface area contributed by atoms with Crippen LogP contribution in [0.2, 0.25) is 0 Å². The van der Waals surface area contributed by atoms with Gasteiger partial charge >= 0.3 is 19.8 Å². The molecule has 0 fully saturated rings. The third kappa shape index (κ3) is 56.1. The minimum Gasteiger partial charge on any atom is -0.462 e. The predicted octanol–water partition coefficient (Wildman–Crippen LogP) is 19.2. The molecule has 416 valence electrons. The molecule has 0 saturated heterocycles. The minimum absolute atomic E-state index is 0.0551. The summed E-state index contributed by atoms with van der Waals surface area (Å²) in [5.74, 6) is -0.821. The number of hydrogen-bond donors (Lipinski definition) is 2. The lowest BCUT2D eigenvalue weighted by molar-refractivity contribution is -0.161. The Hall–Kier alpha value is -1.25. The molecular weight excluding hydrogens is 894 g/mol. The van der Waals surface area contributed by atoms with Crippen LogP contribution in [0.4, 0.5) is 0 Å². The molecule has 0 heterocycles. The molecule has 0 aliphatic carbocycles. The Bertz CT molecular complexity index is 1150. The van der Waals surface area contributed by atoms with Crippen molar-refractivity contribution < 1.29 is 37.6 Å². The standard InChI is InChI=1S/C60H118NO8P/c1-3-5-7-9-11-13-15-17-18-19-20-21-22-23-24-25-26-27-28-29-30-31-32-33-34-35-36-37-38-39-41-42-44-46-48-50-52-59(62)66-56-58(57-68-70(64,65)67-55-54-61)69-60(63)53-51-49-47-45-43-40-16-14-12-10-8-6-4-2/h14,16,58H,3-13,15,17-57,61H2,1-2H3,(H,64,65)/b16-14-. The van der Waals surface area contributed by atoms with Gasteiger partial charge in [-0.05, 0) is 38.5 Å². The van der Waals surface area contributed by atoms with Crippen molar-refractivity contribution in [2.75, 3.05) is 26.4 Å². The van der Waals surface area contributed by atoms with E-state index in [1.807, 2.05) is 0 Å². The van der Waals surface area contributed by atoms with Gasteiger partial charge in [-0.15, -0.1) is 0 Å². The van der Waals surface area contributed by atoms with Crippen molar-refractivity contribution in [2.24, 2.45) is 5.73 Å². The van der Waals surface area contributed by atoms with Gasteiger partial charge in [0.05, 0.1) is 13.2 Å². The summed E-state index contributed by atoms with van der Waals surface area (Å²) in [7, 11) is -4.38.